The molecule has 0 spiro atoms. The summed E-state index contributed by atoms with van der Waals surface area (Å²) >= 11 is 0. The van der Waals surface area contributed by atoms with Crippen molar-refractivity contribution >= 4 is 17.0 Å². The SMILES string of the molecule is COC(=O)C=C1CCN(CCc2c[nH]c3ncccc23)CC1. The molecule has 1 saturated heterocycles. The van der Waals surface area contributed by atoms with Gasteiger partial charge in [0.15, 0.2) is 0 Å². The van der Waals surface area contributed by atoms with E-state index in [0.29, 0.717) is 0 Å². The molecule has 0 amide bonds. The van der Waals surface area contributed by atoms with E-state index in [-0.39, 0.29) is 5.97 Å². The maximum absolute atomic E-state index is 11.2. The highest BCUT2D eigenvalue weighted by atomic mass is 16.5. The number of ether oxygens (including phenoxy) is 1. The van der Waals surface area contributed by atoms with E-state index in [1.807, 2.05) is 12.3 Å². The first-order valence-electron chi connectivity index (χ1n) is 7.67. The summed E-state index contributed by atoms with van der Waals surface area (Å²) in [7, 11) is 1.42. The fraction of sp³-hybridized carbons (Fsp3) is 0.412. The van der Waals surface area contributed by atoms with Crippen molar-refractivity contribution in [3.05, 3.63) is 41.7 Å². The Labute approximate surface area is 130 Å². The highest BCUT2D eigenvalue weighted by Gasteiger charge is 2.15. The third kappa shape index (κ3) is 3.36. The molecule has 3 heterocycles. The summed E-state index contributed by atoms with van der Waals surface area (Å²) in [6.45, 7) is 3.04. The van der Waals surface area contributed by atoms with Gasteiger partial charge in [-0.15, -0.1) is 0 Å². The van der Waals surface area contributed by atoms with Gasteiger partial charge >= 0.3 is 5.97 Å². The van der Waals surface area contributed by atoms with Crippen molar-refractivity contribution in [2.24, 2.45) is 0 Å². The van der Waals surface area contributed by atoms with Crippen molar-refractivity contribution in [2.45, 2.75) is 19.3 Å². The quantitative estimate of drug-likeness (QED) is 0.695. The fourth-order valence-electron chi connectivity index (χ4n) is 2.93. The van der Waals surface area contributed by atoms with Crippen LogP contribution in [0.3, 0.4) is 0 Å². The molecule has 0 atom stereocenters. The molecule has 0 radical (unpaired) electrons. The van der Waals surface area contributed by atoms with Crippen molar-refractivity contribution in [3.8, 4) is 0 Å². The molecule has 0 bridgehead atoms. The summed E-state index contributed by atoms with van der Waals surface area (Å²) in [6, 6.07) is 4.09. The molecule has 1 aliphatic heterocycles. The molecule has 22 heavy (non-hydrogen) atoms. The van der Waals surface area contributed by atoms with Crippen LogP contribution in [0.2, 0.25) is 0 Å². The summed E-state index contributed by atoms with van der Waals surface area (Å²) in [5.74, 6) is -0.241. The maximum atomic E-state index is 11.2. The lowest BCUT2D eigenvalue weighted by Crippen LogP contribution is -2.32. The maximum Gasteiger partial charge on any atom is 0.330 e. The molecule has 116 valence electrons. The van der Waals surface area contributed by atoms with Crippen molar-refractivity contribution in [1.82, 2.24) is 14.9 Å². The number of pyridine rings is 1. The molecule has 0 aliphatic carbocycles. The minimum absolute atomic E-state index is 0.241. The van der Waals surface area contributed by atoms with Crippen LogP contribution in [0.25, 0.3) is 11.0 Å². The number of esters is 1. The smallest absolute Gasteiger partial charge is 0.330 e. The van der Waals surface area contributed by atoms with Crippen LogP contribution in [0, 0.1) is 0 Å². The molecule has 5 heteroatoms. The Morgan fingerprint density at radius 3 is 3.05 bits per heavy atom. The standard InChI is InChI=1S/C17H21N3O2/c1-22-16(21)11-13-4-8-20(9-5-13)10-6-14-12-19-17-15(14)3-2-7-18-17/h2-3,7,11-12H,4-6,8-10H2,1H3,(H,18,19). The Morgan fingerprint density at radius 2 is 2.27 bits per heavy atom. The van der Waals surface area contributed by atoms with Crippen LogP contribution >= 0.6 is 0 Å². The van der Waals surface area contributed by atoms with Gasteiger partial charge in [-0.05, 0) is 37.0 Å². The van der Waals surface area contributed by atoms with Crippen LogP contribution in [0.4, 0.5) is 0 Å². The van der Waals surface area contributed by atoms with E-state index in [1.54, 1.807) is 6.08 Å². The summed E-state index contributed by atoms with van der Waals surface area (Å²) in [5, 5.41) is 1.21. The Balaban J connectivity index is 1.53. The number of aromatic amines is 1. The highest BCUT2D eigenvalue weighted by molar-refractivity contribution is 5.82. The molecule has 0 saturated carbocycles. The number of carbonyl (C=O) groups excluding carboxylic acids is 1. The van der Waals surface area contributed by atoms with E-state index in [0.717, 1.165) is 44.5 Å². The molecule has 2 aromatic heterocycles. The van der Waals surface area contributed by atoms with Gasteiger partial charge in [-0.25, -0.2) is 9.78 Å². The van der Waals surface area contributed by atoms with Crippen molar-refractivity contribution in [3.63, 3.8) is 0 Å². The number of aromatic nitrogens is 2. The third-order valence-electron chi connectivity index (χ3n) is 4.26. The largest absolute Gasteiger partial charge is 0.466 e. The molecule has 1 N–H and O–H groups in total. The van der Waals surface area contributed by atoms with E-state index in [2.05, 4.69) is 31.9 Å². The molecule has 5 nitrogen and oxygen atoms in total. The summed E-state index contributed by atoms with van der Waals surface area (Å²) < 4.78 is 4.68. The van der Waals surface area contributed by atoms with E-state index >= 15 is 0 Å². The number of nitrogens with zero attached hydrogens (tertiary/aromatic N) is 2. The van der Waals surface area contributed by atoms with E-state index in [1.165, 1.54) is 23.6 Å². The number of nitrogens with one attached hydrogen (secondary N) is 1. The van der Waals surface area contributed by atoms with Gasteiger partial charge < -0.3 is 14.6 Å². The second-order valence-corrected chi connectivity index (χ2v) is 5.63. The van der Waals surface area contributed by atoms with Gasteiger partial charge in [0.25, 0.3) is 0 Å². The zero-order valence-corrected chi connectivity index (χ0v) is 12.8. The first-order chi connectivity index (χ1) is 10.8. The topological polar surface area (TPSA) is 58.2 Å². The molecular formula is C17H21N3O2. The first kappa shape index (κ1) is 14.8. The van der Waals surface area contributed by atoms with E-state index < -0.39 is 0 Å². The van der Waals surface area contributed by atoms with Gasteiger partial charge in [0, 0.05) is 43.5 Å². The van der Waals surface area contributed by atoms with Crippen LogP contribution in [0.15, 0.2) is 36.2 Å². The number of piperidine rings is 1. The van der Waals surface area contributed by atoms with Gasteiger partial charge in [-0.1, -0.05) is 5.57 Å². The molecule has 3 rings (SSSR count). The number of likely N-dealkylation sites (tertiary alicyclic amines) is 1. The van der Waals surface area contributed by atoms with Crippen LogP contribution in [0.5, 0.6) is 0 Å². The summed E-state index contributed by atoms with van der Waals surface area (Å²) in [4.78, 5) is 21.2. The zero-order valence-electron chi connectivity index (χ0n) is 12.8. The van der Waals surface area contributed by atoms with Crippen molar-refractivity contribution in [1.29, 1.82) is 0 Å². The molecule has 0 unspecified atom stereocenters. The Morgan fingerprint density at radius 1 is 1.45 bits per heavy atom. The molecule has 1 fully saturated rings. The van der Waals surface area contributed by atoms with Gasteiger partial charge in [0.05, 0.1) is 7.11 Å². The number of H-pyrrole nitrogens is 1. The molecular weight excluding hydrogens is 278 g/mol. The predicted molar refractivity (Wildman–Crippen MR) is 85.6 cm³/mol. The lowest BCUT2D eigenvalue weighted by atomic mass is 10.0. The number of methoxy groups -OCH3 is 1. The van der Waals surface area contributed by atoms with Gasteiger partial charge in [-0.3, -0.25) is 0 Å². The number of carbonyl (C=O) groups is 1. The van der Waals surface area contributed by atoms with Gasteiger partial charge in [0.2, 0.25) is 0 Å². The van der Waals surface area contributed by atoms with Gasteiger partial charge in [0.1, 0.15) is 5.65 Å². The zero-order chi connectivity index (χ0) is 15.4. The first-order valence-corrected chi connectivity index (χ1v) is 7.67. The molecule has 1 aliphatic rings. The fourth-order valence-corrected chi connectivity index (χ4v) is 2.93. The second-order valence-electron chi connectivity index (χ2n) is 5.63. The van der Waals surface area contributed by atoms with Crippen LogP contribution in [0.1, 0.15) is 18.4 Å². The van der Waals surface area contributed by atoms with Crippen molar-refractivity contribution in [2.75, 3.05) is 26.7 Å². The lowest BCUT2D eigenvalue weighted by molar-refractivity contribution is -0.134. The number of rotatable bonds is 4. The lowest BCUT2D eigenvalue weighted by Gasteiger charge is -2.28. The summed E-state index contributed by atoms with van der Waals surface area (Å²) in [5.41, 5.74) is 3.47. The monoisotopic (exact) mass is 299 g/mol. The molecule has 2 aromatic rings. The third-order valence-corrected chi connectivity index (χ3v) is 4.26. The minimum atomic E-state index is -0.241. The number of hydrogen-bond acceptors (Lipinski definition) is 4. The van der Waals surface area contributed by atoms with Crippen LogP contribution in [-0.2, 0) is 16.0 Å². The molecule has 0 aromatic carbocycles. The predicted octanol–water partition coefficient (Wildman–Crippen LogP) is 2.30. The highest BCUT2D eigenvalue weighted by Crippen LogP contribution is 2.19. The van der Waals surface area contributed by atoms with E-state index in [9.17, 15) is 4.79 Å². The van der Waals surface area contributed by atoms with Gasteiger partial charge in [-0.2, -0.15) is 0 Å². The average Bonchev–Trinajstić information content (AvgIpc) is 2.97. The second kappa shape index (κ2) is 6.75. The number of fused-ring (bicyclic) bond motifs is 1. The van der Waals surface area contributed by atoms with Crippen LogP contribution < -0.4 is 0 Å². The normalized spacial score (nSPS) is 16.0. The number of hydrogen-bond donors (Lipinski definition) is 1. The Hall–Kier alpha value is -2.14. The Kier molecular flexibility index (Phi) is 4.53. The summed E-state index contributed by atoms with van der Waals surface area (Å²) in [6.07, 6.45) is 8.42. The minimum Gasteiger partial charge on any atom is -0.466 e. The van der Waals surface area contributed by atoms with Crippen LogP contribution in [-0.4, -0.2) is 47.6 Å². The van der Waals surface area contributed by atoms with E-state index in [4.69, 9.17) is 0 Å². The average molecular weight is 299 g/mol. The Bertz CT molecular complexity index is 680. The van der Waals surface area contributed by atoms with Crippen molar-refractivity contribution < 1.29 is 9.53 Å².